The van der Waals surface area contributed by atoms with Gasteiger partial charge in [0.15, 0.2) is 4.80 Å². The highest BCUT2D eigenvalue weighted by molar-refractivity contribution is 14.1. The molecule has 3 aromatic carbocycles. The molecule has 0 radical (unpaired) electrons. The fourth-order valence-corrected chi connectivity index (χ4v) is 8.46. The molecule has 0 N–H and O–H groups in total. The molecule has 6 rings (SSSR count). The monoisotopic (exact) mass is 732 g/mol. The van der Waals surface area contributed by atoms with Crippen molar-refractivity contribution >= 4 is 68.3 Å². The highest BCUT2D eigenvalue weighted by Gasteiger charge is 2.33. The standard InChI is InChI=1S/C29H22I2N2O3S/c1-35-23-10-6-5-9-19(23)26-20-12-11-17-7-3-4-8-18(17)25(20)32-29-33(26)28(34)24(37-29)15-16-13-21(30)27(36-2)22(31)14-16/h3-10,13-15,26H,11-12H2,1-2H3/b24-15+/t26-/m0/s1. The molecular formula is C29H22I2N2O3S. The number of hydrogen-bond donors (Lipinski definition) is 0. The molecule has 0 amide bonds. The second kappa shape index (κ2) is 10.0. The number of para-hydroxylation sites is 1. The fraction of sp³-hybridized carbons (Fsp3) is 0.172. The van der Waals surface area contributed by atoms with Crippen LogP contribution < -0.4 is 24.4 Å². The molecule has 1 aliphatic heterocycles. The molecule has 186 valence electrons. The van der Waals surface area contributed by atoms with Crippen LogP contribution in [0, 0.1) is 7.14 Å². The molecule has 0 saturated carbocycles. The lowest BCUT2D eigenvalue weighted by molar-refractivity contribution is 0.402. The first-order chi connectivity index (χ1) is 18.0. The Labute approximate surface area is 245 Å². The van der Waals surface area contributed by atoms with Crippen molar-refractivity contribution in [2.75, 3.05) is 14.2 Å². The van der Waals surface area contributed by atoms with Gasteiger partial charge in [-0.1, -0.05) is 53.8 Å². The third-order valence-electron chi connectivity index (χ3n) is 6.83. The van der Waals surface area contributed by atoms with Crippen LogP contribution in [-0.2, 0) is 6.42 Å². The van der Waals surface area contributed by atoms with Crippen molar-refractivity contribution < 1.29 is 9.47 Å². The predicted molar refractivity (Wildman–Crippen MR) is 164 cm³/mol. The molecule has 0 spiro atoms. The summed E-state index contributed by atoms with van der Waals surface area (Å²) in [5.41, 5.74) is 6.50. The van der Waals surface area contributed by atoms with E-state index in [0.29, 0.717) is 9.33 Å². The fourth-order valence-electron chi connectivity index (χ4n) is 5.20. The number of allylic oxidation sites excluding steroid dienone is 1. The zero-order chi connectivity index (χ0) is 25.7. The Kier molecular flexibility index (Phi) is 6.74. The molecule has 0 fully saturated rings. The molecular weight excluding hydrogens is 710 g/mol. The number of methoxy groups -OCH3 is 2. The summed E-state index contributed by atoms with van der Waals surface area (Å²) in [4.78, 5) is 19.8. The maximum absolute atomic E-state index is 14.0. The molecule has 4 aromatic rings. The maximum Gasteiger partial charge on any atom is 0.271 e. The van der Waals surface area contributed by atoms with Crippen LogP contribution >= 0.6 is 56.5 Å². The van der Waals surface area contributed by atoms with Gasteiger partial charge >= 0.3 is 0 Å². The van der Waals surface area contributed by atoms with Crippen molar-refractivity contribution in [1.82, 2.24) is 4.57 Å². The Balaban J connectivity index is 1.62. The zero-order valence-corrected chi connectivity index (χ0v) is 25.3. The number of hydrogen-bond acceptors (Lipinski definition) is 5. The third-order valence-corrected chi connectivity index (χ3v) is 9.41. The summed E-state index contributed by atoms with van der Waals surface area (Å²) in [6, 6.07) is 20.3. The largest absolute Gasteiger partial charge is 0.496 e. The number of fused-ring (bicyclic) bond motifs is 3. The van der Waals surface area contributed by atoms with Gasteiger partial charge in [0, 0.05) is 11.1 Å². The highest BCUT2D eigenvalue weighted by Crippen LogP contribution is 2.43. The van der Waals surface area contributed by atoms with Crippen molar-refractivity contribution in [2.45, 2.75) is 18.9 Å². The Morgan fingerprint density at radius 2 is 1.73 bits per heavy atom. The van der Waals surface area contributed by atoms with Gasteiger partial charge < -0.3 is 9.47 Å². The smallest absolute Gasteiger partial charge is 0.271 e. The second-order valence-corrected chi connectivity index (χ2v) is 12.2. The molecule has 1 atom stereocenters. The average molecular weight is 732 g/mol. The third kappa shape index (κ3) is 4.26. The molecule has 8 heteroatoms. The van der Waals surface area contributed by atoms with Gasteiger partial charge in [-0.2, -0.15) is 0 Å². The topological polar surface area (TPSA) is 52.8 Å². The number of thiazole rings is 1. The molecule has 37 heavy (non-hydrogen) atoms. The molecule has 2 heterocycles. The first-order valence-corrected chi connectivity index (χ1v) is 14.8. The summed E-state index contributed by atoms with van der Waals surface area (Å²) in [5.74, 6) is 1.62. The van der Waals surface area contributed by atoms with E-state index in [9.17, 15) is 4.79 Å². The number of ether oxygens (including phenoxy) is 2. The van der Waals surface area contributed by atoms with Gasteiger partial charge in [-0.15, -0.1) is 0 Å². The summed E-state index contributed by atoms with van der Waals surface area (Å²) in [5, 5.41) is 0. The van der Waals surface area contributed by atoms with Crippen LogP contribution in [0.2, 0.25) is 0 Å². The highest BCUT2D eigenvalue weighted by atomic mass is 127. The Bertz CT molecular complexity index is 1750. The Morgan fingerprint density at radius 1 is 1.00 bits per heavy atom. The van der Waals surface area contributed by atoms with E-state index in [1.807, 2.05) is 41.0 Å². The van der Waals surface area contributed by atoms with Crippen LogP contribution in [0.15, 0.2) is 76.0 Å². The van der Waals surface area contributed by atoms with Crippen LogP contribution in [0.5, 0.6) is 11.5 Å². The van der Waals surface area contributed by atoms with Gasteiger partial charge in [-0.05, 0) is 99.0 Å². The molecule has 0 bridgehead atoms. The molecule has 2 aliphatic rings. The summed E-state index contributed by atoms with van der Waals surface area (Å²) in [6.07, 6.45) is 3.73. The molecule has 1 aliphatic carbocycles. The van der Waals surface area contributed by atoms with E-state index in [1.165, 1.54) is 16.9 Å². The lowest BCUT2D eigenvalue weighted by Gasteiger charge is -2.31. The maximum atomic E-state index is 14.0. The van der Waals surface area contributed by atoms with E-state index in [2.05, 4.69) is 75.5 Å². The van der Waals surface area contributed by atoms with E-state index in [4.69, 9.17) is 14.5 Å². The molecule has 0 unspecified atom stereocenters. The molecule has 1 aromatic heterocycles. The van der Waals surface area contributed by atoms with E-state index >= 15 is 0 Å². The predicted octanol–water partition coefficient (Wildman–Crippen LogP) is 5.55. The normalized spacial score (nSPS) is 16.5. The lowest BCUT2D eigenvalue weighted by Crippen LogP contribution is -2.39. The van der Waals surface area contributed by atoms with Crippen molar-refractivity contribution in [3.05, 3.63) is 115 Å². The van der Waals surface area contributed by atoms with E-state index < -0.39 is 0 Å². The minimum Gasteiger partial charge on any atom is -0.496 e. The van der Waals surface area contributed by atoms with Crippen LogP contribution in [0.3, 0.4) is 0 Å². The van der Waals surface area contributed by atoms with Crippen molar-refractivity contribution in [1.29, 1.82) is 0 Å². The summed E-state index contributed by atoms with van der Waals surface area (Å²) < 4.78 is 15.8. The number of halogens is 2. The Hall–Kier alpha value is -2.44. The van der Waals surface area contributed by atoms with E-state index in [-0.39, 0.29) is 11.6 Å². The quantitative estimate of drug-likeness (QED) is 0.259. The van der Waals surface area contributed by atoms with Crippen molar-refractivity contribution in [2.24, 2.45) is 4.99 Å². The summed E-state index contributed by atoms with van der Waals surface area (Å²) >= 11 is 5.98. The zero-order valence-electron chi connectivity index (χ0n) is 20.1. The van der Waals surface area contributed by atoms with Gasteiger partial charge in [0.25, 0.3) is 5.56 Å². The molecule has 0 saturated heterocycles. The SMILES string of the molecule is COc1ccccc1[C@H]1C2=C(N=c3s/c(=C/c4cc(I)c(OC)c(I)c4)c(=O)n31)c1ccccc1CC2. The van der Waals surface area contributed by atoms with Gasteiger partial charge in [0.1, 0.15) is 11.5 Å². The van der Waals surface area contributed by atoms with Gasteiger partial charge in [-0.3, -0.25) is 9.36 Å². The van der Waals surface area contributed by atoms with Crippen LogP contribution in [0.4, 0.5) is 0 Å². The first kappa shape index (κ1) is 24.9. The van der Waals surface area contributed by atoms with Gasteiger partial charge in [0.2, 0.25) is 0 Å². The minimum absolute atomic E-state index is 0.0362. The number of aryl methyl sites for hydroxylation is 1. The van der Waals surface area contributed by atoms with Gasteiger partial charge in [-0.25, -0.2) is 4.99 Å². The van der Waals surface area contributed by atoms with Crippen LogP contribution in [0.1, 0.15) is 34.7 Å². The minimum atomic E-state index is -0.269. The van der Waals surface area contributed by atoms with Crippen LogP contribution in [-0.4, -0.2) is 18.8 Å². The van der Waals surface area contributed by atoms with Crippen molar-refractivity contribution in [3.63, 3.8) is 0 Å². The molecule has 5 nitrogen and oxygen atoms in total. The number of nitrogens with zero attached hydrogens (tertiary/aromatic N) is 2. The number of benzene rings is 3. The van der Waals surface area contributed by atoms with E-state index in [1.54, 1.807) is 14.2 Å². The lowest BCUT2D eigenvalue weighted by atomic mass is 9.83. The van der Waals surface area contributed by atoms with Crippen LogP contribution in [0.25, 0.3) is 11.8 Å². The summed E-state index contributed by atoms with van der Waals surface area (Å²) in [6.45, 7) is 0. The number of aromatic nitrogens is 1. The Morgan fingerprint density at radius 3 is 2.49 bits per heavy atom. The first-order valence-electron chi connectivity index (χ1n) is 11.8. The summed E-state index contributed by atoms with van der Waals surface area (Å²) in [7, 11) is 3.36. The number of rotatable bonds is 4. The second-order valence-electron chi connectivity index (χ2n) is 8.87. The van der Waals surface area contributed by atoms with E-state index in [0.717, 1.165) is 59.4 Å². The average Bonchev–Trinajstić information content (AvgIpc) is 3.21. The van der Waals surface area contributed by atoms with Gasteiger partial charge in [0.05, 0.1) is 37.6 Å². The van der Waals surface area contributed by atoms with Crippen molar-refractivity contribution in [3.8, 4) is 11.5 Å².